The van der Waals surface area contributed by atoms with Crippen LogP contribution in [0.3, 0.4) is 0 Å². The Morgan fingerprint density at radius 3 is 1.35 bits per heavy atom. The summed E-state index contributed by atoms with van der Waals surface area (Å²) < 4.78 is 46.1. The van der Waals surface area contributed by atoms with Crippen molar-refractivity contribution in [2.45, 2.75) is 49.9 Å². The highest BCUT2D eigenvalue weighted by molar-refractivity contribution is 7.82. The number of nitrogens with one attached hydrogen (secondary N) is 4. The number of rotatable bonds is 14. The van der Waals surface area contributed by atoms with E-state index < -0.39 is 34.7 Å². The number of hydrogen-bond donors (Lipinski definition) is 4. The molecule has 65 heavy (non-hydrogen) atoms. The van der Waals surface area contributed by atoms with Crippen LogP contribution in [0, 0.1) is 0 Å². The van der Waals surface area contributed by atoms with E-state index >= 15 is 0 Å². The lowest BCUT2D eigenvalue weighted by atomic mass is 10.1. The van der Waals surface area contributed by atoms with Gasteiger partial charge in [-0.3, -0.25) is 9.59 Å². The van der Waals surface area contributed by atoms with Crippen LogP contribution in [0.4, 0.5) is 9.59 Å². The Morgan fingerprint density at radius 2 is 0.985 bits per heavy atom. The molecule has 6 aromatic rings. The van der Waals surface area contributed by atoms with Crippen LogP contribution in [0.5, 0.6) is 11.5 Å². The highest BCUT2D eigenvalue weighted by atomic mass is 32.3. The lowest BCUT2D eigenvalue weighted by Crippen LogP contribution is -2.42. The Labute approximate surface area is 374 Å². The molecule has 0 saturated carbocycles. The summed E-state index contributed by atoms with van der Waals surface area (Å²) in [6, 6.07) is 27.9. The van der Waals surface area contributed by atoms with Crippen molar-refractivity contribution in [2.75, 3.05) is 27.3 Å². The average Bonchev–Trinajstić information content (AvgIpc) is 4.18. The number of aromatic nitrogens is 4. The second-order valence-electron chi connectivity index (χ2n) is 15.3. The maximum Gasteiger partial charge on any atom is 0.500 e. The lowest BCUT2D eigenvalue weighted by Gasteiger charge is -2.28. The van der Waals surface area contributed by atoms with Gasteiger partial charge >= 0.3 is 22.6 Å². The first kappa shape index (κ1) is 44.0. The van der Waals surface area contributed by atoms with Crippen molar-refractivity contribution in [3.63, 3.8) is 0 Å². The number of nitrogens with zero attached hydrogens (tertiary/aromatic N) is 4. The standard InChI is InChI=1S/C46H46N8O10S/c1-61-45(57)51-39(31-11-5-3-6-12-31)43(55)53-25-9-15-37(53)41-47-27-35(49-41)29-17-21-33(22-18-29)63-65(59,60)64-34-23-19-30(20-24-34)36-28-48-42(50-36)38-16-10-26-54(38)44(56)40(52-46(58)62-2)32-13-7-4-8-14-32/h3-8,11-14,17-24,27-28,37-40H,9-10,15-16,25-26H2,1-2H3,(H,47,49)(H,48,50)(H,51,57)(H,52,58)/t37-,38-,39+,40+/m0/s1. The number of benzene rings is 4. The molecule has 19 heteroatoms. The summed E-state index contributed by atoms with van der Waals surface area (Å²) in [6.07, 6.45) is 4.64. The normalized spacial score (nSPS) is 16.9. The Kier molecular flexibility index (Phi) is 13.1. The number of amides is 4. The Hall–Kier alpha value is -7.67. The molecule has 0 radical (unpaired) electrons. The molecule has 0 bridgehead atoms. The van der Waals surface area contributed by atoms with Gasteiger partial charge in [0, 0.05) is 13.1 Å². The summed E-state index contributed by atoms with van der Waals surface area (Å²) in [6.45, 7) is 0.954. The molecule has 4 atom stereocenters. The quantitative estimate of drug-likeness (QED) is 0.0897. The van der Waals surface area contributed by atoms with Crippen molar-refractivity contribution >= 4 is 34.4 Å². The molecule has 0 spiro atoms. The monoisotopic (exact) mass is 902 g/mol. The third-order valence-corrected chi connectivity index (χ3v) is 12.1. The van der Waals surface area contributed by atoms with E-state index in [1.54, 1.807) is 95.0 Å². The zero-order valence-electron chi connectivity index (χ0n) is 35.4. The fourth-order valence-corrected chi connectivity index (χ4v) is 8.85. The van der Waals surface area contributed by atoms with Crippen LogP contribution in [0.25, 0.3) is 22.5 Å². The van der Waals surface area contributed by atoms with Gasteiger partial charge in [-0.1, -0.05) is 60.7 Å². The molecule has 4 heterocycles. The number of hydrogen-bond acceptors (Lipinski definition) is 12. The number of H-pyrrole nitrogens is 2. The van der Waals surface area contributed by atoms with Crippen LogP contribution in [-0.4, -0.2) is 89.5 Å². The summed E-state index contributed by atoms with van der Waals surface area (Å²) in [5.74, 6) is 0.599. The first-order valence-electron chi connectivity index (χ1n) is 20.8. The van der Waals surface area contributed by atoms with Crippen LogP contribution >= 0.6 is 0 Å². The number of alkyl carbamates (subject to hydrolysis) is 2. The van der Waals surface area contributed by atoms with Crippen LogP contribution in [0.2, 0.25) is 0 Å². The molecule has 4 N–H and O–H groups in total. The van der Waals surface area contributed by atoms with Gasteiger partial charge in [0.05, 0.1) is 50.1 Å². The minimum absolute atomic E-state index is 0.0170. The fraction of sp³-hybridized carbons (Fsp3) is 0.261. The first-order chi connectivity index (χ1) is 31.5. The predicted octanol–water partition coefficient (Wildman–Crippen LogP) is 6.69. The maximum atomic E-state index is 13.9. The van der Waals surface area contributed by atoms with Crippen molar-refractivity contribution in [3.8, 4) is 34.0 Å². The molecular weight excluding hydrogens is 857 g/mol. The highest BCUT2D eigenvalue weighted by Gasteiger charge is 2.38. The van der Waals surface area contributed by atoms with Crippen LogP contribution < -0.4 is 19.0 Å². The molecule has 4 aromatic carbocycles. The Bertz CT molecular complexity index is 2550. The maximum absolute atomic E-state index is 13.9. The average molecular weight is 903 g/mol. The predicted molar refractivity (Wildman–Crippen MR) is 235 cm³/mol. The highest BCUT2D eigenvalue weighted by Crippen LogP contribution is 2.36. The van der Waals surface area contributed by atoms with Gasteiger partial charge in [0.25, 0.3) is 11.8 Å². The number of imidazole rings is 2. The first-order valence-corrected chi connectivity index (χ1v) is 22.2. The topological polar surface area (TPSA) is 227 Å². The van der Waals surface area contributed by atoms with Gasteiger partial charge in [-0.2, -0.15) is 0 Å². The van der Waals surface area contributed by atoms with E-state index in [1.807, 2.05) is 12.1 Å². The molecule has 336 valence electrons. The minimum atomic E-state index is -4.54. The number of methoxy groups -OCH3 is 2. The zero-order chi connectivity index (χ0) is 45.5. The van der Waals surface area contributed by atoms with E-state index in [-0.39, 0.29) is 35.4 Å². The summed E-state index contributed by atoms with van der Waals surface area (Å²) in [7, 11) is -2.06. The number of carbonyl (C=O) groups is 4. The number of carbonyl (C=O) groups excluding carboxylic acids is 4. The van der Waals surface area contributed by atoms with Gasteiger partial charge < -0.3 is 48.2 Å². The Morgan fingerprint density at radius 1 is 0.600 bits per heavy atom. The van der Waals surface area contributed by atoms with E-state index in [2.05, 4.69) is 30.6 Å². The third-order valence-electron chi connectivity index (χ3n) is 11.3. The molecule has 2 aliphatic rings. The van der Waals surface area contributed by atoms with E-state index in [1.165, 1.54) is 38.5 Å². The largest absolute Gasteiger partial charge is 0.500 e. The SMILES string of the molecule is COC(=O)N[C@@H](C(=O)N1CCC[C@H]1c1ncc(-c2ccc(OS(=O)(=O)Oc3ccc(-c4cnc([C@@H]5CCCN5C(=O)[C@H](NC(=O)OC)c5ccccc5)[nH]4)cc3)cc2)[nH]1)c1ccccc1. The van der Waals surface area contributed by atoms with E-state index in [0.717, 1.165) is 12.8 Å². The van der Waals surface area contributed by atoms with Gasteiger partial charge in [0.1, 0.15) is 35.2 Å². The van der Waals surface area contributed by atoms with Crippen molar-refractivity contribution < 1.29 is 45.4 Å². The third kappa shape index (κ3) is 10.1. The van der Waals surface area contributed by atoms with E-state index in [4.69, 9.17) is 17.8 Å². The van der Waals surface area contributed by atoms with Gasteiger partial charge in [0.2, 0.25) is 0 Å². The molecule has 8 rings (SSSR count). The lowest BCUT2D eigenvalue weighted by molar-refractivity contribution is -0.135. The molecule has 2 aliphatic heterocycles. The molecule has 2 aromatic heterocycles. The van der Waals surface area contributed by atoms with E-state index in [9.17, 15) is 27.6 Å². The van der Waals surface area contributed by atoms with Crippen molar-refractivity contribution in [1.29, 1.82) is 0 Å². The van der Waals surface area contributed by atoms with Crippen LogP contribution in [0.15, 0.2) is 122 Å². The van der Waals surface area contributed by atoms with Crippen LogP contribution in [0.1, 0.15) is 72.6 Å². The molecule has 0 aliphatic carbocycles. The fourth-order valence-electron chi connectivity index (χ4n) is 8.12. The van der Waals surface area contributed by atoms with Gasteiger partial charge in [0.15, 0.2) is 0 Å². The molecule has 18 nitrogen and oxygen atoms in total. The molecule has 4 amide bonds. The summed E-state index contributed by atoms with van der Waals surface area (Å²) in [5, 5.41) is 5.32. The second-order valence-corrected chi connectivity index (χ2v) is 16.5. The van der Waals surface area contributed by atoms with Crippen LogP contribution in [-0.2, 0) is 29.5 Å². The van der Waals surface area contributed by atoms with Crippen molar-refractivity contribution in [1.82, 2.24) is 40.4 Å². The summed E-state index contributed by atoms with van der Waals surface area (Å²) in [4.78, 5) is 71.3. The van der Waals surface area contributed by atoms with E-state index in [0.29, 0.717) is 71.2 Å². The summed E-state index contributed by atoms with van der Waals surface area (Å²) >= 11 is 0. The van der Waals surface area contributed by atoms with Gasteiger partial charge in [-0.15, -0.1) is 8.42 Å². The summed E-state index contributed by atoms with van der Waals surface area (Å²) in [5.41, 5.74) is 3.91. The van der Waals surface area contributed by atoms with Gasteiger partial charge in [-0.25, -0.2) is 19.6 Å². The molecule has 2 fully saturated rings. The zero-order valence-corrected chi connectivity index (χ0v) is 36.2. The van der Waals surface area contributed by atoms with Gasteiger partial charge in [-0.05, 0) is 96.5 Å². The number of aromatic amines is 2. The molecule has 2 saturated heterocycles. The number of likely N-dealkylation sites (tertiary alicyclic amines) is 2. The second kappa shape index (κ2) is 19.4. The van der Waals surface area contributed by atoms with Crippen molar-refractivity contribution in [3.05, 3.63) is 144 Å². The Balaban J connectivity index is 0.879. The molecular formula is C46H46N8O10S. The van der Waals surface area contributed by atoms with Crippen molar-refractivity contribution in [2.24, 2.45) is 0 Å². The smallest absolute Gasteiger partial charge is 0.453 e. The number of ether oxygens (including phenoxy) is 2. The molecule has 0 unspecified atom stereocenters. The minimum Gasteiger partial charge on any atom is -0.453 e.